The number of hydrogen-bond acceptors (Lipinski definition) is 3. The van der Waals surface area contributed by atoms with Gasteiger partial charge in [-0.3, -0.25) is 14.7 Å². The van der Waals surface area contributed by atoms with Gasteiger partial charge in [-0.25, -0.2) is 0 Å². The average molecular weight is 422 g/mol. The van der Waals surface area contributed by atoms with Crippen LogP contribution < -0.4 is 5.32 Å². The summed E-state index contributed by atoms with van der Waals surface area (Å²) in [5.41, 5.74) is 5.79. The highest BCUT2D eigenvalue weighted by Gasteiger charge is 2.12. The number of nitrogens with zero attached hydrogens (tertiary/aromatic N) is 2. The summed E-state index contributed by atoms with van der Waals surface area (Å²) in [5, 5.41) is 5.33. The number of rotatable bonds is 5. The molecule has 1 aliphatic rings. The fourth-order valence-electron chi connectivity index (χ4n) is 4.30. The number of hydrogen-bond donors (Lipinski definition) is 1. The summed E-state index contributed by atoms with van der Waals surface area (Å²) >= 11 is 0. The molecule has 32 heavy (non-hydrogen) atoms. The van der Waals surface area contributed by atoms with Gasteiger partial charge in [0.05, 0.1) is 11.3 Å². The van der Waals surface area contributed by atoms with Crippen molar-refractivity contribution in [3.63, 3.8) is 0 Å². The zero-order valence-electron chi connectivity index (χ0n) is 18.3. The Bertz CT molecular complexity index is 1240. The van der Waals surface area contributed by atoms with Crippen LogP contribution in [0.1, 0.15) is 34.3 Å². The van der Waals surface area contributed by atoms with E-state index in [1.807, 2.05) is 36.4 Å². The summed E-state index contributed by atoms with van der Waals surface area (Å²) in [7, 11) is 0. The van der Waals surface area contributed by atoms with Gasteiger partial charge in [-0.05, 0) is 79.5 Å². The highest BCUT2D eigenvalue weighted by atomic mass is 16.1. The second kappa shape index (κ2) is 8.93. The molecule has 4 nitrogen and oxygen atoms in total. The Morgan fingerprint density at radius 1 is 0.906 bits per heavy atom. The number of carbonyl (C=O) groups is 1. The van der Waals surface area contributed by atoms with Gasteiger partial charge >= 0.3 is 0 Å². The van der Waals surface area contributed by atoms with Crippen LogP contribution in [0.5, 0.6) is 0 Å². The van der Waals surface area contributed by atoms with Gasteiger partial charge < -0.3 is 5.32 Å². The Morgan fingerprint density at radius 3 is 2.41 bits per heavy atom. The lowest BCUT2D eigenvalue weighted by Gasteiger charge is -2.15. The van der Waals surface area contributed by atoms with Gasteiger partial charge in [-0.2, -0.15) is 0 Å². The Kier molecular flexibility index (Phi) is 5.70. The number of aryl methyl sites for hydroxylation is 1. The molecule has 0 unspecified atom stereocenters. The lowest BCUT2D eigenvalue weighted by Crippen LogP contribution is -2.18. The summed E-state index contributed by atoms with van der Waals surface area (Å²) in [6.45, 7) is 5.47. The molecule has 5 rings (SSSR count). The van der Waals surface area contributed by atoms with E-state index in [-0.39, 0.29) is 5.91 Å². The summed E-state index contributed by atoms with van der Waals surface area (Å²) in [5.74, 6) is -0.155. The van der Waals surface area contributed by atoms with Crippen LogP contribution in [0.15, 0.2) is 79.0 Å². The summed E-state index contributed by atoms with van der Waals surface area (Å²) in [6.07, 6.45) is 4.25. The van der Waals surface area contributed by atoms with Crippen molar-refractivity contribution in [3.05, 3.63) is 95.7 Å². The largest absolute Gasteiger partial charge is 0.322 e. The van der Waals surface area contributed by atoms with E-state index < -0.39 is 0 Å². The van der Waals surface area contributed by atoms with Gasteiger partial charge in [0.2, 0.25) is 0 Å². The maximum atomic E-state index is 12.7. The number of likely N-dealkylation sites (tertiary alicyclic amines) is 1. The average Bonchev–Trinajstić information content (AvgIpc) is 3.33. The number of anilines is 1. The number of carbonyl (C=O) groups excluding carboxylic acids is 1. The lowest BCUT2D eigenvalue weighted by molar-refractivity contribution is 0.102. The Balaban J connectivity index is 1.28. The molecule has 0 spiro atoms. The van der Waals surface area contributed by atoms with E-state index in [0.29, 0.717) is 5.56 Å². The Labute approximate surface area is 188 Å². The fraction of sp³-hybridized carbons (Fsp3) is 0.214. The molecule has 160 valence electrons. The minimum Gasteiger partial charge on any atom is -0.322 e. The number of pyridine rings is 1. The Morgan fingerprint density at radius 2 is 1.66 bits per heavy atom. The lowest BCUT2D eigenvalue weighted by atomic mass is 10.1. The van der Waals surface area contributed by atoms with Crippen molar-refractivity contribution in [1.29, 1.82) is 0 Å². The molecule has 1 amide bonds. The van der Waals surface area contributed by atoms with Crippen LogP contribution in [0.4, 0.5) is 5.69 Å². The van der Waals surface area contributed by atoms with Crippen LogP contribution in [0.3, 0.4) is 0 Å². The van der Waals surface area contributed by atoms with Crippen LogP contribution in [0, 0.1) is 6.92 Å². The molecule has 4 heteroatoms. The third-order valence-corrected chi connectivity index (χ3v) is 6.14. The molecule has 4 aromatic rings. The van der Waals surface area contributed by atoms with Gasteiger partial charge in [0.1, 0.15) is 0 Å². The van der Waals surface area contributed by atoms with Crippen molar-refractivity contribution >= 4 is 22.4 Å². The SMILES string of the molecule is Cc1ccc(-c2ccc(C(=O)Nc3ccc4cc(CN5CCCC5)ccc4c3)cn2)cc1. The third kappa shape index (κ3) is 4.56. The second-order valence-electron chi connectivity index (χ2n) is 8.63. The quantitative estimate of drug-likeness (QED) is 0.426. The normalized spacial score (nSPS) is 14.0. The standard InChI is InChI=1S/C28H27N3O/c1-20-4-7-22(8-5-20)27-13-11-25(18-29-27)28(32)30-26-12-10-23-16-21(6-9-24(23)17-26)19-31-14-2-3-15-31/h4-13,16-18H,2-3,14-15,19H2,1H3,(H,30,32). The second-order valence-corrected chi connectivity index (χ2v) is 8.63. The summed E-state index contributed by atoms with van der Waals surface area (Å²) in [4.78, 5) is 19.7. The fourth-order valence-corrected chi connectivity index (χ4v) is 4.30. The van der Waals surface area contributed by atoms with Gasteiger partial charge in [-0.1, -0.05) is 48.0 Å². The third-order valence-electron chi connectivity index (χ3n) is 6.14. The van der Waals surface area contributed by atoms with Crippen molar-refractivity contribution < 1.29 is 4.79 Å². The number of fused-ring (bicyclic) bond motifs is 1. The highest BCUT2D eigenvalue weighted by molar-refractivity contribution is 6.05. The zero-order chi connectivity index (χ0) is 21.9. The first-order valence-corrected chi connectivity index (χ1v) is 11.2. The first-order valence-electron chi connectivity index (χ1n) is 11.2. The van der Waals surface area contributed by atoms with Crippen LogP contribution in [-0.2, 0) is 6.54 Å². The summed E-state index contributed by atoms with van der Waals surface area (Å²) < 4.78 is 0. The van der Waals surface area contributed by atoms with Crippen LogP contribution in [0.2, 0.25) is 0 Å². The molecule has 2 heterocycles. The van der Waals surface area contributed by atoms with E-state index >= 15 is 0 Å². The van der Waals surface area contributed by atoms with E-state index in [2.05, 4.69) is 58.5 Å². The van der Waals surface area contributed by atoms with Crippen LogP contribution in [0.25, 0.3) is 22.0 Å². The first-order chi connectivity index (χ1) is 15.6. The van der Waals surface area contributed by atoms with E-state index in [1.54, 1.807) is 6.20 Å². The first kappa shape index (κ1) is 20.4. The molecular formula is C28H27N3O. The van der Waals surface area contributed by atoms with E-state index in [9.17, 15) is 4.79 Å². The van der Waals surface area contributed by atoms with Crippen molar-refractivity contribution in [2.75, 3.05) is 18.4 Å². The monoisotopic (exact) mass is 421 g/mol. The van der Waals surface area contributed by atoms with Gasteiger partial charge in [0, 0.05) is 24.0 Å². The molecule has 1 N–H and O–H groups in total. The van der Waals surface area contributed by atoms with Crippen molar-refractivity contribution in [1.82, 2.24) is 9.88 Å². The predicted molar refractivity (Wildman–Crippen MR) is 131 cm³/mol. The van der Waals surface area contributed by atoms with Crippen LogP contribution in [-0.4, -0.2) is 28.9 Å². The molecule has 0 aliphatic carbocycles. The minimum absolute atomic E-state index is 0.155. The molecule has 0 saturated carbocycles. The molecule has 0 bridgehead atoms. The highest BCUT2D eigenvalue weighted by Crippen LogP contribution is 2.23. The molecule has 0 radical (unpaired) electrons. The van der Waals surface area contributed by atoms with Gasteiger partial charge in [0.25, 0.3) is 5.91 Å². The number of aromatic nitrogens is 1. The number of nitrogens with one attached hydrogen (secondary N) is 1. The molecule has 1 aliphatic heterocycles. The summed E-state index contributed by atoms with van der Waals surface area (Å²) in [6, 6.07) is 24.6. The minimum atomic E-state index is -0.155. The molecular weight excluding hydrogens is 394 g/mol. The van der Waals surface area contributed by atoms with Crippen molar-refractivity contribution in [2.24, 2.45) is 0 Å². The van der Waals surface area contributed by atoms with Crippen LogP contribution >= 0.6 is 0 Å². The smallest absolute Gasteiger partial charge is 0.257 e. The Hall–Kier alpha value is -3.50. The zero-order valence-corrected chi connectivity index (χ0v) is 18.3. The maximum Gasteiger partial charge on any atom is 0.257 e. The molecule has 0 atom stereocenters. The van der Waals surface area contributed by atoms with Crippen molar-refractivity contribution in [3.8, 4) is 11.3 Å². The van der Waals surface area contributed by atoms with Gasteiger partial charge in [0.15, 0.2) is 0 Å². The molecule has 3 aromatic carbocycles. The topological polar surface area (TPSA) is 45.2 Å². The van der Waals surface area contributed by atoms with E-state index in [4.69, 9.17) is 0 Å². The van der Waals surface area contributed by atoms with E-state index in [0.717, 1.165) is 28.9 Å². The van der Waals surface area contributed by atoms with Gasteiger partial charge in [-0.15, -0.1) is 0 Å². The molecule has 1 saturated heterocycles. The van der Waals surface area contributed by atoms with Crippen molar-refractivity contribution in [2.45, 2.75) is 26.3 Å². The van der Waals surface area contributed by atoms with E-state index in [1.165, 1.54) is 42.4 Å². The predicted octanol–water partition coefficient (Wildman–Crippen LogP) is 6.06. The number of benzene rings is 3. The molecule has 1 aromatic heterocycles. The molecule has 1 fully saturated rings. The number of amides is 1. The maximum absolute atomic E-state index is 12.7.